The Morgan fingerprint density at radius 1 is 1.28 bits per heavy atom. The maximum Gasteiger partial charge on any atom is 0.242 e. The standard InChI is InChI=1S/C19H20FN3O2/c1-23(14-5-3-2-4-6-14)17-9-7-13(11-15(17)20)12-21-19(25)16-8-10-18(24)22-16/h2-7,9,11,16H,8,10,12H2,1H3,(H,21,25)(H,22,24)/t16-/m1/s1. The Kier molecular flexibility index (Phi) is 4.97. The minimum absolute atomic E-state index is 0.112. The second-order valence-corrected chi connectivity index (χ2v) is 6.06. The van der Waals surface area contributed by atoms with E-state index < -0.39 is 6.04 Å². The maximum absolute atomic E-state index is 14.5. The summed E-state index contributed by atoms with van der Waals surface area (Å²) in [6.45, 7) is 0.220. The molecule has 0 bridgehead atoms. The van der Waals surface area contributed by atoms with E-state index in [0.717, 1.165) is 5.69 Å². The normalized spacial score (nSPS) is 16.4. The van der Waals surface area contributed by atoms with Crippen LogP contribution in [0.3, 0.4) is 0 Å². The van der Waals surface area contributed by atoms with Gasteiger partial charge in [0.2, 0.25) is 11.8 Å². The van der Waals surface area contributed by atoms with Crippen LogP contribution in [0, 0.1) is 5.82 Å². The molecule has 0 aliphatic carbocycles. The Hall–Kier alpha value is -2.89. The van der Waals surface area contributed by atoms with Crippen LogP contribution in [0.15, 0.2) is 48.5 Å². The van der Waals surface area contributed by atoms with Crippen molar-refractivity contribution in [1.82, 2.24) is 10.6 Å². The fourth-order valence-electron chi connectivity index (χ4n) is 2.85. The molecular formula is C19H20FN3O2. The van der Waals surface area contributed by atoms with E-state index in [2.05, 4.69) is 10.6 Å². The fourth-order valence-corrected chi connectivity index (χ4v) is 2.85. The van der Waals surface area contributed by atoms with Gasteiger partial charge in [-0.15, -0.1) is 0 Å². The van der Waals surface area contributed by atoms with Crippen LogP contribution in [-0.4, -0.2) is 24.9 Å². The third kappa shape index (κ3) is 3.96. The first kappa shape index (κ1) is 17.0. The summed E-state index contributed by atoms with van der Waals surface area (Å²) in [6.07, 6.45) is 0.868. The second kappa shape index (κ2) is 7.34. The topological polar surface area (TPSA) is 61.4 Å². The van der Waals surface area contributed by atoms with Crippen LogP contribution in [0.4, 0.5) is 15.8 Å². The van der Waals surface area contributed by atoms with Gasteiger partial charge in [0.1, 0.15) is 11.9 Å². The summed E-state index contributed by atoms with van der Waals surface area (Å²) >= 11 is 0. The number of rotatable bonds is 5. The van der Waals surface area contributed by atoms with Gasteiger partial charge in [-0.1, -0.05) is 24.3 Å². The van der Waals surface area contributed by atoms with E-state index in [9.17, 15) is 14.0 Å². The van der Waals surface area contributed by atoms with Gasteiger partial charge in [-0.2, -0.15) is 0 Å². The van der Waals surface area contributed by atoms with Gasteiger partial charge in [0.05, 0.1) is 5.69 Å². The van der Waals surface area contributed by atoms with E-state index >= 15 is 0 Å². The maximum atomic E-state index is 14.5. The molecule has 1 aliphatic heterocycles. The van der Waals surface area contributed by atoms with Crippen molar-refractivity contribution in [3.05, 3.63) is 59.9 Å². The number of hydrogen-bond donors (Lipinski definition) is 2. The average Bonchev–Trinajstić information content (AvgIpc) is 3.06. The molecule has 0 saturated carbocycles. The third-order valence-corrected chi connectivity index (χ3v) is 4.30. The smallest absolute Gasteiger partial charge is 0.242 e. The quantitative estimate of drug-likeness (QED) is 0.878. The summed E-state index contributed by atoms with van der Waals surface area (Å²) in [5, 5.41) is 5.35. The molecule has 2 N–H and O–H groups in total. The number of amides is 2. The summed E-state index contributed by atoms with van der Waals surface area (Å²) in [6, 6.07) is 13.9. The zero-order valence-electron chi connectivity index (χ0n) is 14.0. The van der Waals surface area contributed by atoms with Crippen LogP contribution < -0.4 is 15.5 Å². The van der Waals surface area contributed by atoms with Gasteiger partial charge in [-0.05, 0) is 36.2 Å². The highest BCUT2D eigenvalue weighted by Gasteiger charge is 2.26. The van der Waals surface area contributed by atoms with Crippen LogP contribution in [0.5, 0.6) is 0 Å². The molecule has 1 aliphatic rings. The molecule has 0 radical (unpaired) electrons. The van der Waals surface area contributed by atoms with Crippen LogP contribution in [0.1, 0.15) is 18.4 Å². The van der Waals surface area contributed by atoms with Gasteiger partial charge in [0, 0.05) is 25.7 Å². The van der Waals surface area contributed by atoms with Crippen molar-refractivity contribution in [3.8, 4) is 0 Å². The molecule has 1 saturated heterocycles. The summed E-state index contributed by atoms with van der Waals surface area (Å²) < 4.78 is 14.5. The van der Waals surface area contributed by atoms with Crippen LogP contribution in [-0.2, 0) is 16.1 Å². The number of halogens is 1. The first-order chi connectivity index (χ1) is 12.0. The van der Waals surface area contributed by atoms with E-state index in [0.29, 0.717) is 24.1 Å². The predicted octanol–water partition coefficient (Wildman–Crippen LogP) is 2.49. The monoisotopic (exact) mass is 341 g/mol. The molecule has 5 nitrogen and oxygen atoms in total. The third-order valence-electron chi connectivity index (χ3n) is 4.30. The summed E-state index contributed by atoms with van der Waals surface area (Å²) in [5.41, 5.74) is 2.02. The highest BCUT2D eigenvalue weighted by Crippen LogP contribution is 2.26. The van der Waals surface area contributed by atoms with E-state index in [1.165, 1.54) is 6.07 Å². The van der Waals surface area contributed by atoms with Gasteiger partial charge in [0.15, 0.2) is 0 Å². The highest BCUT2D eigenvalue weighted by atomic mass is 19.1. The molecule has 1 fully saturated rings. The molecule has 0 spiro atoms. The molecule has 6 heteroatoms. The van der Waals surface area contributed by atoms with E-state index in [1.54, 1.807) is 24.1 Å². The van der Waals surface area contributed by atoms with Crippen molar-refractivity contribution in [2.24, 2.45) is 0 Å². The molecular weight excluding hydrogens is 321 g/mol. The van der Waals surface area contributed by atoms with Crippen molar-refractivity contribution in [3.63, 3.8) is 0 Å². The lowest BCUT2D eigenvalue weighted by atomic mass is 10.1. The molecule has 130 valence electrons. The number of carbonyl (C=O) groups excluding carboxylic acids is 2. The Morgan fingerprint density at radius 3 is 2.68 bits per heavy atom. The van der Waals surface area contributed by atoms with Crippen molar-refractivity contribution >= 4 is 23.2 Å². The van der Waals surface area contributed by atoms with Gasteiger partial charge in [-0.25, -0.2) is 4.39 Å². The number of anilines is 2. The number of carbonyl (C=O) groups is 2. The number of benzene rings is 2. The lowest BCUT2D eigenvalue weighted by Gasteiger charge is -2.20. The Morgan fingerprint density at radius 2 is 2.04 bits per heavy atom. The number of hydrogen-bond acceptors (Lipinski definition) is 3. The Labute approximate surface area is 145 Å². The van der Waals surface area contributed by atoms with Crippen molar-refractivity contribution in [1.29, 1.82) is 0 Å². The lowest BCUT2D eigenvalue weighted by molar-refractivity contribution is -0.125. The zero-order chi connectivity index (χ0) is 17.8. The van der Waals surface area contributed by atoms with Crippen molar-refractivity contribution in [2.75, 3.05) is 11.9 Å². The fraction of sp³-hybridized carbons (Fsp3) is 0.263. The highest BCUT2D eigenvalue weighted by molar-refractivity contribution is 5.90. The number of para-hydroxylation sites is 1. The largest absolute Gasteiger partial charge is 0.350 e. The minimum atomic E-state index is -0.485. The minimum Gasteiger partial charge on any atom is -0.350 e. The summed E-state index contributed by atoms with van der Waals surface area (Å²) in [7, 11) is 1.80. The average molecular weight is 341 g/mol. The van der Waals surface area contributed by atoms with Crippen LogP contribution in [0.25, 0.3) is 0 Å². The summed E-state index contributed by atoms with van der Waals surface area (Å²) in [5.74, 6) is -0.705. The van der Waals surface area contributed by atoms with Crippen LogP contribution in [0.2, 0.25) is 0 Å². The Bertz CT molecular complexity index is 779. The molecule has 2 aromatic carbocycles. The van der Waals surface area contributed by atoms with E-state index in [1.807, 2.05) is 30.3 Å². The van der Waals surface area contributed by atoms with Crippen molar-refractivity contribution < 1.29 is 14.0 Å². The summed E-state index contributed by atoms with van der Waals surface area (Å²) in [4.78, 5) is 24.9. The molecule has 25 heavy (non-hydrogen) atoms. The SMILES string of the molecule is CN(c1ccccc1)c1ccc(CNC(=O)[C@H]2CCC(=O)N2)cc1F. The number of nitrogens with zero attached hydrogens (tertiary/aromatic N) is 1. The second-order valence-electron chi connectivity index (χ2n) is 6.06. The van der Waals surface area contributed by atoms with Gasteiger partial charge in [-0.3, -0.25) is 9.59 Å². The van der Waals surface area contributed by atoms with Gasteiger partial charge in [0.25, 0.3) is 0 Å². The zero-order valence-corrected chi connectivity index (χ0v) is 14.0. The molecule has 1 atom stereocenters. The van der Waals surface area contributed by atoms with Crippen LogP contribution >= 0.6 is 0 Å². The molecule has 2 amide bonds. The first-order valence-corrected chi connectivity index (χ1v) is 8.19. The predicted molar refractivity (Wildman–Crippen MR) is 93.9 cm³/mol. The molecule has 2 aromatic rings. The lowest BCUT2D eigenvalue weighted by Crippen LogP contribution is -2.41. The molecule has 0 unspecified atom stereocenters. The van der Waals surface area contributed by atoms with Gasteiger partial charge >= 0.3 is 0 Å². The molecule has 3 rings (SSSR count). The van der Waals surface area contributed by atoms with E-state index in [-0.39, 0.29) is 24.2 Å². The van der Waals surface area contributed by atoms with Gasteiger partial charge < -0.3 is 15.5 Å². The number of nitrogens with one attached hydrogen (secondary N) is 2. The molecule has 0 aromatic heterocycles. The Balaban J connectivity index is 1.64. The molecule has 1 heterocycles. The van der Waals surface area contributed by atoms with Crippen molar-refractivity contribution in [2.45, 2.75) is 25.4 Å². The van der Waals surface area contributed by atoms with E-state index in [4.69, 9.17) is 0 Å². The first-order valence-electron chi connectivity index (χ1n) is 8.19.